The summed E-state index contributed by atoms with van der Waals surface area (Å²) in [6, 6.07) is 27.9. The summed E-state index contributed by atoms with van der Waals surface area (Å²) in [6.07, 6.45) is 0. The zero-order valence-corrected chi connectivity index (χ0v) is 18.1. The molecule has 30 heavy (non-hydrogen) atoms. The Morgan fingerprint density at radius 1 is 0.933 bits per heavy atom. The molecule has 0 saturated heterocycles. The Kier molecular flexibility index (Phi) is 6.47. The Bertz CT molecular complexity index is 1060. The number of carbonyl (C=O) groups excluding carboxylic acids is 1. The largest absolute Gasteiger partial charge is 0.272 e. The van der Waals surface area contributed by atoms with E-state index >= 15 is 0 Å². The van der Waals surface area contributed by atoms with Crippen molar-refractivity contribution in [3.05, 3.63) is 95.9 Å². The van der Waals surface area contributed by atoms with Crippen molar-refractivity contribution in [1.29, 1.82) is 0 Å². The molecule has 0 aliphatic carbocycles. The quantitative estimate of drug-likeness (QED) is 0.284. The first kappa shape index (κ1) is 20.2. The van der Waals surface area contributed by atoms with Crippen molar-refractivity contribution in [3.8, 4) is 11.3 Å². The van der Waals surface area contributed by atoms with Crippen LogP contribution in [0.2, 0.25) is 0 Å². The SMILES string of the molecule is Cc1ccc(-c2csc(SCC(=O)NN(c3ccccc3)c3ccccc3)n2)cc1. The highest BCUT2D eigenvalue weighted by molar-refractivity contribution is 8.01. The van der Waals surface area contributed by atoms with E-state index in [1.165, 1.54) is 17.3 Å². The van der Waals surface area contributed by atoms with Gasteiger partial charge in [0.05, 0.1) is 22.8 Å². The number of amides is 1. The molecule has 150 valence electrons. The summed E-state index contributed by atoms with van der Waals surface area (Å²) in [5.41, 5.74) is 8.07. The van der Waals surface area contributed by atoms with Crippen molar-refractivity contribution in [2.75, 3.05) is 10.8 Å². The van der Waals surface area contributed by atoms with Gasteiger partial charge in [-0.15, -0.1) is 11.3 Å². The molecular formula is C24H21N3OS2. The van der Waals surface area contributed by atoms with Crippen LogP contribution < -0.4 is 10.4 Å². The van der Waals surface area contributed by atoms with Crippen LogP contribution >= 0.6 is 23.1 Å². The number of benzene rings is 3. The molecule has 0 aliphatic rings. The maximum atomic E-state index is 12.7. The number of carbonyl (C=O) groups is 1. The van der Waals surface area contributed by atoms with Crippen LogP contribution in [-0.2, 0) is 4.79 Å². The second kappa shape index (κ2) is 9.61. The van der Waals surface area contributed by atoms with Crippen molar-refractivity contribution < 1.29 is 4.79 Å². The van der Waals surface area contributed by atoms with Gasteiger partial charge in [0.2, 0.25) is 5.91 Å². The number of aryl methyl sites for hydroxylation is 1. The smallest absolute Gasteiger partial charge is 0.249 e. The van der Waals surface area contributed by atoms with Crippen LogP contribution in [0.1, 0.15) is 5.56 Å². The second-order valence-corrected chi connectivity index (χ2v) is 8.78. The Morgan fingerprint density at radius 2 is 1.53 bits per heavy atom. The molecule has 0 radical (unpaired) electrons. The first-order chi connectivity index (χ1) is 14.7. The van der Waals surface area contributed by atoms with E-state index in [2.05, 4.69) is 41.6 Å². The molecule has 4 rings (SSSR count). The van der Waals surface area contributed by atoms with Crippen LogP contribution in [0.25, 0.3) is 11.3 Å². The van der Waals surface area contributed by atoms with Gasteiger partial charge in [0.1, 0.15) is 0 Å². The molecule has 3 aromatic carbocycles. The summed E-state index contributed by atoms with van der Waals surface area (Å²) in [4.78, 5) is 17.4. The van der Waals surface area contributed by atoms with E-state index in [0.717, 1.165) is 27.0 Å². The molecule has 1 N–H and O–H groups in total. The van der Waals surface area contributed by atoms with Gasteiger partial charge in [-0.05, 0) is 31.2 Å². The second-order valence-electron chi connectivity index (χ2n) is 6.69. The van der Waals surface area contributed by atoms with Crippen LogP contribution in [0.4, 0.5) is 11.4 Å². The number of hydrogen-bond acceptors (Lipinski definition) is 5. The van der Waals surface area contributed by atoms with E-state index in [0.29, 0.717) is 0 Å². The fraction of sp³-hybridized carbons (Fsp3) is 0.0833. The minimum Gasteiger partial charge on any atom is -0.272 e. The van der Waals surface area contributed by atoms with Gasteiger partial charge in [0, 0.05) is 10.9 Å². The topological polar surface area (TPSA) is 45.2 Å². The van der Waals surface area contributed by atoms with E-state index in [1.807, 2.05) is 71.1 Å². The normalized spacial score (nSPS) is 10.6. The minimum absolute atomic E-state index is 0.0835. The number of anilines is 2. The van der Waals surface area contributed by atoms with Crippen LogP contribution in [0.5, 0.6) is 0 Å². The first-order valence-electron chi connectivity index (χ1n) is 9.54. The van der Waals surface area contributed by atoms with E-state index < -0.39 is 0 Å². The number of thiazole rings is 1. The number of hydrogen-bond donors (Lipinski definition) is 1. The van der Waals surface area contributed by atoms with Gasteiger partial charge < -0.3 is 0 Å². The van der Waals surface area contributed by atoms with Gasteiger partial charge >= 0.3 is 0 Å². The number of nitrogens with zero attached hydrogens (tertiary/aromatic N) is 2. The predicted octanol–water partition coefficient (Wildman–Crippen LogP) is 6.08. The summed E-state index contributed by atoms with van der Waals surface area (Å²) in [5, 5.41) is 3.84. The molecule has 0 saturated carbocycles. The molecular weight excluding hydrogens is 410 g/mol. The zero-order valence-electron chi connectivity index (χ0n) is 16.5. The lowest BCUT2D eigenvalue weighted by atomic mass is 10.1. The van der Waals surface area contributed by atoms with E-state index in [-0.39, 0.29) is 11.7 Å². The number of nitrogens with one attached hydrogen (secondary N) is 1. The molecule has 4 nitrogen and oxygen atoms in total. The number of rotatable bonds is 7. The molecule has 1 heterocycles. The minimum atomic E-state index is -0.0835. The highest BCUT2D eigenvalue weighted by atomic mass is 32.2. The fourth-order valence-corrected chi connectivity index (χ4v) is 4.52. The summed E-state index contributed by atoms with van der Waals surface area (Å²) in [6.45, 7) is 2.07. The Balaban J connectivity index is 1.41. The standard InChI is InChI=1S/C24H21N3OS2/c1-18-12-14-19(15-13-18)22-16-29-24(25-22)30-17-23(28)26-27(20-8-4-2-5-9-20)21-10-6-3-7-11-21/h2-16H,17H2,1H3,(H,26,28). The lowest BCUT2D eigenvalue weighted by Crippen LogP contribution is -2.39. The highest BCUT2D eigenvalue weighted by Gasteiger charge is 2.14. The average molecular weight is 432 g/mol. The predicted molar refractivity (Wildman–Crippen MR) is 126 cm³/mol. The van der Waals surface area contributed by atoms with Crippen molar-refractivity contribution in [2.24, 2.45) is 0 Å². The number of thioether (sulfide) groups is 1. The maximum Gasteiger partial charge on any atom is 0.249 e. The molecule has 0 aliphatic heterocycles. The van der Waals surface area contributed by atoms with Crippen molar-refractivity contribution in [1.82, 2.24) is 10.4 Å². The number of para-hydroxylation sites is 2. The Hall–Kier alpha value is -3.09. The van der Waals surface area contributed by atoms with Gasteiger partial charge in [-0.25, -0.2) is 4.98 Å². The lowest BCUT2D eigenvalue weighted by Gasteiger charge is -2.25. The van der Waals surface area contributed by atoms with Crippen LogP contribution in [-0.4, -0.2) is 16.6 Å². The summed E-state index contributed by atoms with van der Waals surface area (Å²) in [5.74, 6) is 0.205. The third-order valence-corrected chi connectivity index (χ3v) is 6.44. The summed E-state index contributed by atoms with van der Waals surface area (Å²) < 4.78 is 0.881. The summed E-state index contributed by atoms with van der Waals surface area (Å²) in [7, 11) is 0. The molecule has 1 amide bonds. The number of hydrazine groups is 1. The van der Waals surface area contributed by atoms with Crippen molar-refractivity contribution >= 4 is 40.4 Å². The van der Waals surface area contributed by atoms with E-state index in [9.17, 15) is 4.79 Å². The van der Waals surface area contributed by atoms with Crippen LogP contribution in [0.3, 0.4) is 0 Å². The Labute approximate surface area is 184 Å². The zero-order chi connectivity index (χ0) is 20.8. The Morgan fingerprint density at radius 3 is 2.13 bits per heavy atom. The molecule has 0 unspecified atom stereocenters. The van der Waals surface area contributed by atoms with Gasteiger partial charge in [-0.2, -0.15) is 0 Å². The third-order valence-electron chi connectivity index (χ3n) is 4.42. The lowest BCUT2D eigenvalue weighted by molar-refractivity contribution is -0.118. The average Bonchev–Trinajstić information content (AvgIpc) is 3.27. The van der Waals surface area contributed by atoms with E-state index in [1.54, 1.807) is 11.3 Å². The van der Waals surface area contributed by atoms with Gasteiger partial charge in [0.15, 0.2) is 4.34 Å². The molecule has 4 aromatic rings. The van der Waals surface area contributed by atoms with Crippen molar-refractivity contribution in [2.45, 2.75) is 11.3 Å². The number of aromatic nitrogens is 1. The summed E-state index contributed by atoms with van der Waals surface area (Å²) >= 11 is 3.01. The third kappa shape index (κ3) is 5.09. The van der Waals surface area contributed by atoms with Crippen LogP contribution in [0.15, 0.2) is 94.6 Å². The fourth-order valence-electron chi connectivity index (χ4n) is 2.90. The molecule has 0 fully saturated rings. The monoisotopic (exact) mass is 431 g/mol. The van der Waals surface area contributed by atoms with E-state index in [4.69, 9.17) is 0 Å². The molecule has 0 atom stereocenters. The van der Waals surface area contributed by atoms with Gasteiger partial charge in [0.25, 0.3) is 0 Å². The van der Waals surface area contributed by atoms with Crippen molar-refractivity contribution in [3.63, 3.8) is 0 Å². The van der Waals surface area contributed by atoms with Gasteiger partial charge in [-0.1, -0.05) is 78.0 Å². The molecule has 0 bridgehead atoms. The van der Waals surface area contributed by atoms with Gasteiger partial charge in [-0.3, -0.25) is 15.2 Å². The van der Waals surface area contributed by atoms with Crippen LogP contribution in [0, 0.1) is 6.92 Å². The first-order valence-corrected chi connectivity index (χ1v) is 11.4. The maximum absolute atomic E-state index is 12.7. The molecule has 6 heteroatoms. The highest BCUT2D eigenvalue weighted by Crippen LogP contribution is 2.29. The molecule has 1 aromatic heterocycles. The molecule has 0 spiro atoms.